The zero-order valence-corrected chi connectivity index (χ0v) is 17.0. The van der Waals surface area contributed by atoms with Crippen LogP contribution in [0.1, 0.15) is 30.9 Å². The number of hydrogen-bond acceptors (Lipinski definition) is 3. The maximum atomic E-state index is 12.4. The van der Waals surface area contributed by atoms with Gasteiger partial charge in [0.1, 0.15) is 5.75 Å². The highest BCUT2D eigenvalue weighted by Gasteiger charge is 2.19. The van der Waals surface area contributed by atoms with Crippen LogP contribution >= 0.6 is 11.6 Å². The standard InChI is InChI=1S/C22H27ClN2O2/c1-15-8-10-25(11-9-15)20-7-5-4-6-19(20)24-21(26)14-27-18-12-16(2)22(23)17(3)13-18/h4-7,12-13,15H,8-11,14H2,1-3H3,(H,24,26). The van der Waals surface area contributed by atoms with Crippen molar-refractivity contribution in [1.82, 2.24) is 0 Å². The lowest BCUT2D eigenvalue weighted by molar-refractivity contribution is -0.118. The molecule has 0 radical (unpaired) electrons. The maximum absolute atomic E-state index is 12.4. The van der Waals surface area contributed by atoms with Crippen molar-refractivity contribution < 1.29 is 9.53 Å². The molecule has 27 heavy (non-hydrogen) atoms. The molecule has 0 aromatic heterocycles. The number of ether oxygens (including phenoxy) is 1. The van der Waals surface area contributed by atoms with E-state index in [4.69, 9.17) is 16.3 Å². The van der Waals surface area contributed by atoms with E-state index in [1.807, 2.05) is 44.2 Å². The number of amides is 1. The number of carbonyl (C=O) groups excluding carboxylic acids is 1. The molecule has 2 aromatic rings. The van der Waals surface area contributed by atoms with E-state index in [2.05, 4.69) is 23.2 Å². The van der Waals surface area contributed by atoms with Crippen LogP contribution in [0.3, 0.4) is 0 Å². The smallest absolute Gasteiger partial charge is 0.262 e. The van der Waals surface area contributed by atoms with E-state index in [0.29, 0.717) is 5.75 Å². The van der Waals surface area contributed by atoms with Crippen molar-refractivity contribution in [2.75, 3.05) is 29.9 Å². The second kappa shape index (κ2) is 8.66. The summed E-state index contributed by atoms with van der Waals surface area (Å²) in [4.78, 5) is 14.8. The summed E-state index contributed by atoms with van der Waals surface area (Å²) in [6.45, 7) is 8.16. The third kappa shape index (κ3) is 4.95. The van der Waals surface area contributed by atoms with E-state index in [0.717, 1.165) is 46.5 Å². The summed E-state index contributed by atoms with van der Waals surface area (Å²) in [7, 11) is 0. The van der Waals surface area contributed by atoms with Crippen molar-refractivity contribution in [3.63, 3.8) is 0 Å². The van der Waals surface area contributed by atoms with E-state index in [1.54, 1.807) is 0 Å². The lowest BCUT2D eigenvalue weighted by Gasteiger charge is -2.33. The quantitative estimate of drug-likeness (QED) is 0.766. The van der Waals surface area contributed by atoms with Gasteiger partial charge in [-0.15, -0.1) is 0 Å². The number of aryl methyl sites for hydroxylation is 2. The van der Waals surface area contributed by atoms with Crippen LogP contribution in [-0.2, 0) is 4.79 Å². The molecule has 1 N–H and O–H groups in total. The van der Waals surface area contributed by atoms with Crippen molar-refractivity contribution in [2.24, 2.45) is 5.92 Å². The fourth-order valence-corrected chi connectivity index (χ4v) is 3.54. The summed E-state index contributed by atoms with van der Waals surface area (Å²) >= 11 is 6.18. The van der Waals surface area contributed by atoms with Crippen LogP contribution in [0.5, 0.6) is 5.75 Å². The molecular weight excluding hydrogens is 360 g/mol. The lowest BCUT2D eigenvalue weighted by Crippen LogP contribution is -2.33. The Morgan fingerprint density at radius 3 is 2.48 bits per heavy atom. The number of nitrogens with one attached hydrogen (secondary N) is 1. The number of rotatable bonds is 5. The molecule has 1 aliphatic rings. The van der Waals surface area contributed by atoms with Gasteiger partial charge in [-0.1, -0.05) is 30.7 Å². The van der Waals surface area contributed by atoms with Crippen molar-refractivity contribution in [2.45, 2.75) is 33.6 Å². The molecule has 1 heterocycles. The fraction of sp³-hybridized carbons (Fsp3) is 0.409. The minimum absolute atomic E-state index is 0.0358. The van der Waals surface area contributed by atoms with Gasteiger partial charge < -0.3 is 15.0 Å². The van der Waals surface area contributed by atoms with Crippen LogP contribution in [0.25, 0.3) is 0 Å². The SMILES string of the molecule is Cc1cc(OCC(=O)Nc2ccccc2N2CCC(C)CC2)cc(C)c1Cl. The Bertz CT molecular complexity index is 791. The third-order valence-corrected chi connectivity index (χ3v) is 5.68. The number of piperidine rings is 1. The Labute approximate surface area is 166 Å². The highest BCUT2D eigenvalue weighted by molar-refractivity contribution is 6.32. The zero-order chi connectivity index (χ0) is 19.4. The number of anilines is 2. The molecule has 1 amide bonds. The Morgan fingerprint density at radius 1 is 1.19 bits per heavy atom. The summed E-state index contributed by atoms with van der Waals surface area (Å²) in [5, 5.41) is 3.73. The van der Waals surface area contributed by atoms with E-state index >= 15 is 0 Å². The van der Waals surface area contributed by atoms with Gasteiger partial charge in [0.2, 0.25) is 0 Å². The number of benzene rings is 2. The average Bonchev–Trinajstić information content (AvgIpc) is 2.65. The van der Waals surface area contributed by atoms with Crippen LogP contribution in [0, 0.1) is 19.8 Å². The van der Waals surface area contributed by atoms with Crippen molar-refractivity contribution in [3.8, 4) is 5.75 Å². The molecule has 3 rings (SSSR count). The van der Waals surface area contributed by atoms with Crippen LogP contribution in [-0.4, -0.2) is 25.6 Å². The van der Waals surface area contributed by atoms with E-state index < -0.39 is 0 Å². The molecule has 4 nitrogen and oxygen atoms in total. The van der Waals surface area contributed by atoms with E-state index in [1.165, 1.54) is 12.8 Å². The van der Waals surface area contributed by atoms with Gasteiger partial charge in [-0.2, -0.15) is 0 Å². The second-order valence-electron chi connectivity index (χ2n) is 7.39. The summed E-state index contributed by atoms with van der Waals surface area (Å²) in [6, 6.07) is 11.7. The van der Waals surface area contributed by atoms with E-state index in [-0.39, 0.29) is 12.5 Å². The van der Waals surface area contributed by atoms with Gasteiger partial charge >= 0.3 is 0 Å². The topological polar surface area (TPSA) is 41.6 Å². The Morgan fingerprint density at radius 2 is 1.81 bits per heavy atom. The number of nitrogens with zero attached hydrogens (tertiary/aromatic N) is 1. The lowest BCUT2D eigenvalue weighted by atomic mass is 9.98. The van der Waals surface area contributed by atoms with Crippen molar-refractivity contribution in [3.05, 3.63) is 52.5 Å². The molecule has 1 saturated heterocycles. The minimum Gasteiger partial charge on any atom is -0.484 e. The van der Waals surface area contributed by atoms with Gasteiger partial charge in [-0.05, 0) is 68.0 Å². The van der Waals surface area contributed by atoms with Crippen molar-refractivity contribution >= 4 is 28.9 Å². The van der Waals surface area contributed by atoms with E-state index in [9.17, 15) is 4.79 Å². The van der Waals surface area contributed by atoms with Gasteiger partial charge in [0.25, 0.3) is 5.91 Å². The van der Waals surface area contributed by atoms with Gasteiger partial charge in [0, 0.05) is 18.1 Å². The van der Waals surface area contributed by atoms with Crippen molar-refractivity contribution in [1.29, 1.82) is 0 Å². The first-order valence-electron chi connectivity index (χ1n) is 9.47. The number of carbonyl (C=O) groups is 1. The first kappa shape index (κ1) is 19.6. The summed E-state index contributed by atoms with van der Waals surface area (Å²) in [5.74, 6) is 1.25. The summed E-state index contributed by atoms with van der Waals surface area (Å²) < 4.78 is 5.67. The highest BCUT2D eigenvalue weighted by atomic mass is 35.5. The Hall–Kier alpha value is -2.20. The van der Waals surface area contributed by atoms with Gasteiger partial charge in [-0.3, -0.25) is 4.79 Å². The van der Waals surface area contributed by atoms with Crippen LogP contribution in [0.2, 0.25) is 5.02 Å². The largest absolute Gasteiger partial charge is 0.484 e. The minimum atomic E-state index is -0.168. The molecule has 0 atom stereocenters. The molecule has 0 unspecified atom stereocenters. The van der Waals surface area contributed by atoms with Crippen LogP contribution in [0.4, 0.5) is 11.4 Å². The molecule has 2 aromatic carbocycles. The summed E-state index contributed by atoms with van der Waals surface area (Å²) in [6.07, 6.45) is 2.36. The first-order valence-corrected chi connectivity index (χ1v) is 9.85. The molecule has 0 spiro atoms. The molecule has 0 bridgehead atoms. The predicted octanol–water partition coefficient (Wildman–Crippen LogP) is 5.21. The van der Waals surface area contributed by atoms with Crippen LogP contribution in [0.15, 0.2) is 36.4 Å². The van der Waals surface area contributed by atoms with Crippen LogP contribution < -0.4 is 15.0 Å². The fourth-order valence-electron chi connectivity index (χ4n) is 3.43. The first-order chi connectivity index (χ1) is 12.9. The number of hydrogen-bond donors (Lipinski definition) is 1. The normalized spacial score (nSPS) is 14.9. The molecule has 0 saturated carbocycles. The molecule has 5 heteroatoms. The molecule has 1 fully saturated rings. The monoisotopic (exact) mass is 386 g/mol. The molecule has 0 aliphatic carbocycles. The highest BCUT2D eigenvalue weighted by Crippen LogP contribution is 2.30. The zero-order valence-electron chi connectivity index (χ0n) is 16.2. The predicted molar refractivity (Wildman–Crippen MR) is 112 cm³/mol. The molecule has 144 valence electrons. The second-order valence-corrected chi connectivity index (χ2v) is 7.77. The third-order valence-electron chi connectivity index (χ3n) is 5.08. The van der Waals surface area contributed by atoms with Gasteiger partial charge in [-0.25, -0.2) is 0 Å². The maximum Gasteiger partial charge on any atom is 0.262 e. The number of para-hydroxylation sites is 2. The Balaban J connectivity index is 1.63. The molecular formula is C22H27ClN2O2. The average molecular weight is 387 g/mol. The molecule has 1 aliphatic heterocycles. The number of halogens is 1. The summed E-state index contributed by atoms with van der Waals surface area (Å²) in [5.41, 5.74) is 3.80. The van der Waals surface area contributed by atoms with Gasteiger partial charge in [0.15, 0.2) is 6.61 Å². The van der Waals surface area contributed by atoms with Gasteiger partial charge in [0.05, 0.1) is 11.4 Å². The Kier molecular flexibility index (Phi) is 6.27.